The zero-order valence-electron chi connectivity index (χ0n) is 11.1. The number of rotatable bonds is 5. The van der Waals surface area contributed by atoms with Gasteiger partial charge in [0.15, 0.2) is 0 Å². The van der Waals surface area contributed by atoms with Crippen LogP contribution in [-0.4, -0.2) is 11.9 Å². The van der Waals surface area contributed by atoms with Crippen molar-refractivity contribution < 1.29 is 18.0 Å². The van der Waals surface area contributed by atoms with Gasteiger partial charge >= 0.3 is 6.18 Å². The maximum absolute atomic E-state index is 12.4. The Bertz CT molecular complexity index is 408. The Hall–Kier alpha value is -1.52. The summed E-state index contributed by atoms with van der Waals surface area (Å²) < 4.78 is 37.1. The van der Waals surface area contributed by atoms with E-state index in [-0.39, 0.29) is 18.4 Å². The molecular weight excluding hydrogens is 255 g/mol. The molecule has 1 N–H and O–H groups in total. The van der Waals surface area contributed by atoms with Crippen molar-refractivity contribution in [1.29, 1.82) is 0 Å². The molecule has 0 unspecified atom stereocenters. The molecule has 0 saturated carbocycles. The van der Waals surface area contributed by atoms with E-state index < -0.39 is 11.7 Å². The largest absolute Gasteiger partial charge is 0.416 e. The molecule has 0 atom stereocenters. The highest BCUT2D eigenvalue weighted by atomic mass is 19.4. The minimum absolute atomic E-state index is 0.106. The minimum Gasteiger partial charge on any atom is -0.353 e. The lowest BCUT2D eigenvalue weighted by Crippen LogP contribution is -2.34. The number of carbonyl (C=O) groups excluding carboxylic acids is 1. The van der Waals surface area contributed by atoms with Crippen LogP contribution in [0, 0.1) is 0 Å². The highest BCUT2D eigenvalue weighted by molar-refractivity contribution is 5.78. The van der Waals surface area contributed by atoms with Gasteiger partial charge in [0.1, 0.15) is 0 Å². The number of nitrogens with one attached hydrogen (secondary N) is 1. The summed E-state index contributed by atoms with van der Waals surface area (Å²) in [6.07, 6.45) is -2.55. The van der Waals surface area contributed by atoms with E-state index in [0.29, 0.717) is 5.56 Å². The number of hydrogen-bond acceptors (Lipinski definition) is 1. The number of halogens is 3. The van der Waals surface area contributed by atoms with Gasteiger partial charge in [-0.3, -0.25) is 4.79 Å². The van der Waals surface area contributed by atoms with Gasteiger partial charge in [0, 0.05) is 6.04 Å². The molecule has 106 valence electrons. The fourth-order valence-corrected chi connectivity index (χ4v) is 1.77. The van der Waals surface area contributed by atoms with Crippen LogP contribution < -0.4 is 5.32 Å². The van der Waals surface area contributed by atoms with Crippen LogP contribution >= 0.6 is 0 Å². The van der Waals surface area contributed by atoms with Crippen LogP contribution in [0.25, 0.3) is 0 Å². The Morgan fingerprint density at radius 1 is 1.16 bits per heavy atom. The van der Waals surface area contributed by atoms with Crippen molar-refractivity contribution in [1.82, 2.24) is 5.32 Å². The van der Waals surface area contributed by atoms with Crippen molar-refractivity contribution in [2.75, 3.05) is 0 Å². The number of alkyl halides is 3. The molecule has 0 aliphatic heterocycles. The summed E-state index contributed by atoms with van der Waals surface area (Å²) in [6, 6.07) is 4.81. The Kier molecular flexibility index (Phi) is 5.39. The van der Waals surface area contributed by atoms with E-state index in [0.717, 1.165) is 25.0 Å². The first-order valence-corrected chi connectivity index (χ1v) is 6.32. The van der Waals surface area contributed by atoms with E-state index in [1.807, 2.05) is 13.8 Å². The van der Waals surface area contributed by atoms with Gasteiger partial charge in [-0.15, -0.1) is 0 Å². The fourth-order valence-electron chi connectivity index (χ4n) is 1.77. The minimum atomic E-state index is -4.34. The summed E-state index contributed by atoms with van der Waals surface area (Å²) >= 11 is 0. The van der Waals surface area contributed by atoms with E-state index in [2.05, 4.69) is 5.32 Å². The normalized spacial score (nSPS) is 11.7. The van der Waals surface area contributed by atoms with Crippen LogP contribution in [0.15, 0.2) is 24.3 Å². The van der Waals surface area contributed by atoms with Gasteiger partial charge in [-0.1, -0.05) is 26.0 Å². The number of hydrogen-bond donors (Lipinski definition) is 1. The molecule has 0 aromatic heterocycles. The molecule has 1 rings (SSSR count). The zero-order chi connectivity index (χ0) is 14.5. The molecular formula is C14H18F3NO. The highest BCUT2D eigenvalue weighted by Crippen LogP contribution is 2.29. The van der Waals surface area contributed by atoms with Crippen molar-refractivity contribution in [3.8, 4) is 0 Å². The van der Waals surface area contributed by atoms with E-state index in [1.54, 1.807) is 0 Å². The second-order valence-corrected chi connectivity index (χ2v) is 4.45. The van der Waals surface area contributed by atoms with Crippen molar-refractivity contribution in [3.05, 3.63) is 35.4 Å². The van der Waals surface area contributed by atoms with Gasteiger partial charge in [0.05, 0.1) is 12.0 Å². The van der Waals surface area contributed by atoms with Crippen molar-refractivity contribution >= 4 is 5.91 Å². The molecule has 1 aromatic carbocycles. The lowest BCUT2D eigenvalue weighted by atomic mass is 10.1. The van der Waals surface area contributed by atoms with Gasteiger partial charge in [-0.05, 0) is 30.5 Å². The van der Waals surface area contributed by atoms with Crippen LogP contribution in [0.1, 0.15) is 37.8 Å². The van der Waals surface area contributed by atoms with Crippen LogP contribution in [0.5, 0.6) is 0 Å². The van der Waals surface area contributed by atoms with Crippen LogP contribution in [0.3, 0.4) is 0 Å². The van der Waals surface area contributed by atoms with Gasteiger partial charge in [-0.25, -0.2) is 0 Å². The molecule has 0 saturated heterocycles. The second kappa shape index (κ2) is 6.59. The average molecular weight is 273 g/mol. The standard InChI is InChI=1S/C14H18F3NO/c1-3-12(4-2)18-13(19)9-10-5-7-11(8-6-10)14(15,16)17/h5-8,12H,3-4,9H2,1-2H3,(H,18,19). The SMILES string of the molecule is CCC(CC)NC(=O)Cc1ccc(C(F)(F)F)cc1. The summed E-state index contributed by atoms with van der Waals surface area (Å²) in [5.41, 5.74) is -0.117. The van der Waals surface area contributed by atoms with Crippen LogP contribution in [-0.2, 0) is 17.4 Å². The molecule has 0 bridgehead atoms. The molecule has 1 amide bonds. The van der Waals surface area contributed by atoms with Crippen molar-refractivity contribution in [2.45, 2.75) is 45.3 Å². The Labute approximate surface area is 111 Å². The molecule has 0 fully saturated rings. The third-order valence-electron chi connectivity index (χ3n) is 3.00. The molecule has 0 aliphatic rings. The number of benzene rings is 1. The predicted molar refractivity (Wildman–Crippen MR) is 67.7 cm³/mol. The Morgan fingerprint density at radius 3 is 2.11 bits per heavy atom. The molecule has 0 radical (unpaired) electrons. The first-order valence-electron chi connectivity index (χ1n) is 6.32. The molecule has 0 heterocycles. The summed E-state index contributed by atoms with van der Waals surface area (Å²) in [5, 5.41) is 2.85. The summed E-state index contributed by atoms with van der Waals surface area (Å²) in [7, 11) is 0. The fraction of sp³-hybridized carbons (Fsp3) is 0.500. The van der Waals surface area contributed by atoms with Gasteiger partial charge in [0.25, 0.3) is 0 Å². The number of carbonyl (C=O) groups is 1. The molecule has 0 spiro atoms. The molecule has 2 nitrogen and oxygen atoms in total. The van der Waals surface area contributed by atoms with Crippen molar-refractivity contribution in [2.24, 2.45) is 0 Å². The van der Waals surface area contributed by atoms with E-state index in [1.165, 1.54) is 12.1 Å². The Balaban J connectivity index is 2.61. The van der Waals surface area contributed by atoms with Crippen molar-refractivity contribution in [3.63, 3.8) is 0 Å². The van der Waals surface area contributed by atoms with Crippen LogP contribution in [0.4, 0.5) is 13.2 Å². The highest BCUT2D eigenvalue weighted by Gasteiger charge is 2.29. The lowest BCUT2D eigenvalue weighted by molar-refractivity contribution is -0.137. The summed E-state index contributed by atoms with van der Waals surface area (Å²) in [5.74, 6) is -0.159. The molecule has 19 heavy (non-hydrogen) atoms. The maximum Gasteiger partial charge on any atom is 0.416 e. The molecule has 0 aliphatic carbocycles. The van der Waals surface area contributed by atoms with Gasteiger partial charge < -0.3 is 5.32 Å². The van der Waals surface area contributed by atoms with E-state index >= 15 is 0 Å². The molecule has 1 aromatic rings. The summed E-state index contributed by atoms with van der Waals surface area (Å²) in [4.78, 5) is 11.7. The quantitative estimate of drug-likeness (QED) is 0.873. The average Bonchev–Trinajstić information content (AvgIpc) is 2.35. The van der Waals surface area contributed by atoms with Gasteiger partial charge in [0.2, 0.25) is 5.91 Å². The third kappa shape index (κ3) is 4.93. The predicted octanol–water partition coefficient (Wildman–Crippen LogP) is 3.55. The Morgan fingerprint density at radius 2 is 1.68 bits per heavy atom. The number of amides is 1. The topological polar surface area (TPSA) is 29.1 Å². The first-order chi connectivity index (χ1) is 8.86. The van der Waals surface area contributed by atoms with E-state index in [9.17, 15) is 18.0 Å². The molecule has 5 heteroatoms. The van der Waals surface area contributed by atoms with Crippen LogP contribution in [0.2, 0.25) is 0 Å². The first kappa shape index (κ1) is 15.5. The van der Waals surface area contributed by atoms with Gasteiger partial charge in [-0.2, -0.15) is 13.2 Å². The van der Waals surface area contributed by atoms with E-state index in [4.69, 9.17) is 0 Å². The monoisotopic (exact) mass is 273 g/mol. The maximum atomic E-state index is 12.4. The third-order valence-corrected chi connectivity index (χ3v) is 3.00. The summed E-state index contributed by atoms with van der Waals surface area (Å²) in [6.45, 7) is 3.96. The smallest absolute Gasteiger partial charge is 0.353 e. The second-order valence-electron chi connectivity index (χ2n) is 4.45. The zero-order valence-corrected chi connectivity index (χ0v) is 11.1. The lowest BCUT2D eigenvalue weighted by Gasteiger charge is -2.14.